The molecule has 3 rings (SSSR count). The third-order valence-corrected chi connectivity index (χ3v) is 5.32. The third-order valence-electron chi connectivity index (χ3n) is 5.32. The quantitative estimate of drug-likeness (QED) is 0.668. The minimum Gasteiger partial charge on any atom is -0.493 e. The first-order valence-corrected chi connectivity index (χ1v) is 10.6. The van der Waals surface area contributed by atoms with Crippen LogP contribution in [0.1, 0.15) is 64.9 Å². The van der Waals surface area contributed by atoms with Crippen molar-refractivity contribution in [2.45, 2.75) is 65.4 Å². The highest BCUT2D eigenvalue weighted by Gasteiger charge is 2.39. The number of nitrogens with one attached hydrogen (secondary N) is 1. The first-order valence-electron chi connectivity index (χ1n) is 10.6. The predicted octanol–water partition coefficient (Wildman–Crippen LogP) is 4.40. The minimum atomic E-state index is -0.491. The number of rotatable bonds is 7. The zero-order valence-electron chi connectivity index (χ0n) is 18.5. The Hall–Kier alpha value is -2.76. The van der Waals surface area contributed by atoms with Gasteiger partial charge in [-0.3, -0.25) is 4.79 Å². The second kappa shape index (κ2) is 9.37. The van der Waals surface area contributed by atoms with Crippen LogP contribution in [0.4, 0.5) is 0 Å². The summed E-state index contributed by atoms with van der Waals surface area (Å²) in [6.07, 6.45) is 2.71. The number of ether oxygens (including phenoxy) is 3. The molecule has 0 radical (unpaired) electrons. The van der Waals surface area contributed by atoms with Crippen LogP contribution < -0.4 is 14.8 Å². The molecule has 1 aliphatic heterocycles. The SMILES string of the molecule is CCCOc1ccc([C@@H]2C(C(=O)OC(C)C)=C(C)NC3=C2C(=O)CCC3)cc1OC. The number of dihydropyridines is 1. The van der Waals surface area contributed by atoms with Crippen molar-refractivity contribution < 1.29 is 23.8 Å². The van der Waals surface area contributed by atoms with Gasteiger partial charge in [0.05, 0.1) is 25.4 Å². The lowest BCUT2D eigenvalue weighted by atomic mass is 9.75. The number of allylic oxidation sites excluding steroid dienone is 3. The number of Topliss-reactive ketones (excluding diaryl/α,β-unsaturated/α-hetero) is 1. The molecule has 6 nitrogen and oxygen atoms in total. The van der Waals surface area contributed by atoms with Crippen molar-refractivity contribution in [1.82, 2.24) is 5.32 Å². The molecular formula is C24H31NO5. The molecule has 162 valence electrons. The standard InChI is InChI=1S/C24H31NO5/c1-6-12-29-19-11-10-16(13-20(19)28-5)22-21(24(27)30-14(2)3)15(4)25-17-8-7-9-18(26)23(17)22/h10-11,13-14,22,25H,6-9,12H2,1-5H3/t22-/m1/s1. The molecule has 1 N–H and O–H groups in total. The van der Waals surface area contributed by atoms with E-state index < -0.39 is 11.9 Å². The molecule has 0 bridgehead atoms. The normalized spacial score (nSPS) is 18.9. The average molecular weight is 414 g/mol. The Bertz CT molecular complexity index is 897. The number of hydrogen-bond acceptors (Lipinski definition) is 6. The highest BCUT2D eigenvalue weighted by atomic mass is 16.5. The van der Waals surface area contributed by atoms with Gasteiger partial charge in [-0.05, 0) is 57.7 Å². The van der Waals surface area contributed by atoms with Crippen LogP contribution in [0.15, 0.2) is 40.7 Å². The van der Waals surface area contributed by atoms with E-state index in [1.807, 2.05) is 45.9 Å². The second-order valence-corrected chi connectivity index (χ2v) is 7.98. The van der Waals surface area contributed by atoms with E-state index in [4.69, 9.17) is 14.2 Å². The number of carbonyl (C=O) groups excluding carboxylic acids is 2. The van der Waals surface area contributed by atoms with E-state index in [-0.39, 0.29) is 11.9 Å². The lowest BCUT2D eigenvalue weighted by molar-refractivity contribution is -0.143. The van der Waals surface area contributed by atoms with Crippen molar-refractivity contribution in [3.8, 4) is 11.5 Å². The lowest BCUT2D eigenvalue weighted by Gasteiger charge is -2.34. The first-order chi connectivity index (χ1) is 14.4. The van der Waals surface area contributed by atoms with Crippen molar-refractivity contribution in [3.63, 3.8) is 0 Å². The summed E-state index contributed by atoms with van der Waals surface area (Å²) in [6, 6.07) is 5.62. The van der Waals surface area contributed by atoms with Crippen LogP contribution in [0.25, 0.3) is 0 Å². The van der Waals surface area contributed by atoms with Crippen molar-refractivity contribution in [2.24, 2.45) is 0 Å². The van der Waals surface area contributed by atoms with Gasteiger partial charge in [0, 0.05) is 29.3 Å². The molecule has 0 amide bonds. The second-order valence-electron chi connectivity index (χ2n) is 7.98. The van der Waals surface area contributed by atoms with Gasteiger partial charge in [-0.15, -0.1) is 0 Å². The van der Waals surface area contributed by atoms with Crippen LogP contribution in [0.5, 0.6) is 11.5 Å². The average Bonchev–Trinajstić information content (AvgIpc) is 2.70. The molecule has 1 atom stereocenters. The monoisotopic (exact) mass is 413 g/mol. The minimum absolute atomic E-state index is 0.0707. The molecular weight excluding hydrogens is 382 g/mol. The fraction of sp³-hybridized carbons (Fsp3) is 0.500. The van der Waals surface area contributed by atoms with Gasteiger partial charge in [-0.1, -0.05) is 13.0 Å². The van der Waals surface area contributed by atoms with E-state index in [9.17, 15) is 9.59 Å². The maximum atomic E-state index is 13.0. The highest BCUT2D eigenvalue weighted by molar-refractivity contribution is 6.03. The number of carbonyl (C=O) groups is 2. The number of esters is 1. The van der Waals surface area contributed by atoms with E-state index >= 15 is 0 Å². The molecule has 1 heterocycles. The molecule has 30 heavy (non-hydrogen) atoms. The Kier molecular flexibility index (Phi) is 6.85. The van der Waals surface area contributed by atoms with Crippen LogP contribution in [0.3, 0.4) is 0 Å². The molecule has 6 heteroatoms. The van der Waals surface area contributed by atoms with E-state index in [1.54, 1.807) is 7.11 Å². The Morgan fingerprint density at radius 3 is 2.67 bits per heavy atom. The molecule has 0 aromatic heterocycles. The number of benzene rings is 1. The van der Waals surface area contributed by atoms with Crippen molar-refractivity contribution in [2.75, 3.05) is 13.7 Å². The maximum absolute atomic E-state index is 13.0. The lowest BCUT2D eigenvalue weighted by Crippen LogP contribution is -2.35. The van der Waals surface area contributed by atoms with Gasteiger partial charge in [-0.25, -0.2) is 4.79 Å². The Labute approximate surface area is 178 Å². The van der Waals surface area contributed by atoms with Crippen LogP contribution in [0.2, 0.25) is 0 Å². The van der Waals surface area contributed by atoms with E-state index in [1.165, 1.54) is 0 Å². The molecule has 0 saturated heterocycles. The smallest absolute Gasteiger partial charge is 0.337 e. The molecule has 0 unspecified atom stereocenters. The maximum Gasteiger partial charge on any atom is 0.337 e. The van der Waals surface area contributed by atoms with Crippen LogP contribution in [-0.2, 0) is 14.3 Å². The summed E-state index contributed by atoms with van der Waals surface area (Å²) >= 11 is 0. The fourth-order valence-corrected chi connectivity index (χ4v) is 4.06. The van der Waals surface area contributed by atoms with Crippen molar-refractivity contribution >= 4 is 11.8 Å². The van der Waals surface area contributed by atoms with Crippen LogP contribution in [0, 0.1) is 0 Å². The summed E-state index contributed by atoms with van der Waals surface area (Å²) in [5.74, 6) is 0.401. The van der Waals surface area contributed by atoms with Gasteiger partial charge in [0.2, 0.25) is 0 Å². The van der Waals surface area contributed by atoms with Crippen LogP contribution >= 0.6 is 0 Å². The summed E-state index contributed by atoms with van der Waals surface area (Å²) in [4.78, 5) is 26.0. The molecule has 0 fully saturated rings. The highest BCUT2D eigenvalue weighted by Crippen LogP contribution is 2.44. The Morgan fingerprint density at radius 1 is 1.23 bits per heavy atom. The van der Waals surface area contributed by atoms with Gasteiger partial charge in [0.15, 0.2) is 17.3 Å². The number of methoxy groups -OCH3 is 1. The molecule has 0 saturated carbocycles. The Balaban J connectivity index is 2.12. The van der Waals surface area contributed by atoms with Gasteiger partial charge in [0.1, 0.15) is 0 Å². The van der Waals surface area contributed by atoms with Gasteiger partial charge in [0.25, 0.3) is 0 Å². The molecule has 0 spiro atoms. The number of hydrogen-bond donors (Lipinski definition) is 1. The summed E-state index contributed by atoms with van der Waals surface area (Å²) in [6.45, 7) is 8.13. The van der Waals surface area contributed by atoms with Crippen LogP contribution in [-0.4, -0.2) is 31.6 Å². The Morgan fingerprint density at radius 2 is 2.00 bits per heavy atom. The largest absolute Gasteiger partial charge is 0.493 e. The topological polar surface area (TPSA) is 73.9 Å². The first kappa shape index (κ1) is 21.9. The van der Waals surface area contributed by atoms with Crippen molar-refractivity contribution in [1.29, 1.82) is 0 Å². The zero-order chi connectivity index (χ0) is 21.8. The summed E-state index contributed by atoms with van der Waals surface area (Å²) in [5.41, 5.74) is 3.58. The van der Waals surface area contributed by atoms with E-state index in [0.717, 1.165) is 36.2 Å². The van der Waals surface area contributed by atoms with Gasteiger partial charge in [-0.2, -0.15) is 0 Å². The van der Waals surface area contributed by atoms with E-state index in [0.29, 0.717) is 35.7 Å². The van der Waals surface area contributed by atoms with E-state index in [2.05, 4.69) is 5.32 Å². The molecule has 1 aromatic carbocycles. The molecule has 1 aromatic rings. The molecule has 1 aliphatic carbocycles. The summed E-state index contributed by atoms with van der Waals surface area (Å²) in [7, 11) is 1.59. The third kappa shape index (κ3) is 4.37. The number of ketones is 1. The fourth-order valence-electron chi connectivity index (χ4n) is 4.06. The zero-order valence-corrected chi connectivity index (χ0v) is 18.5. The summed E-state index contributed by atoms with van der Waals surface area (Å²) < 4.78 is 16.9. The molecule has 2 aliphatic rings. The van der Waals surface area contributed by atoms with Gasteiger partial charge < -0.3 is 19.5 Å². The predicted molar refractivity (Wildman–Crippen MR) is 114 cm³/mol. The summed E-state index contributed by atoms with van der Waals surface area (Å²) in [5, 5.41) is 3.30. The van der Waals surface area contributed by atoms with Crippen molar-refractivity contribution in [3.05, 3.63) is 46.3 Å². The van der Waals surface area contributed by atoms with Gasteiger partial charge >= 0.3 is 5.97 Å².